The number of benzene rings is 1. The lowest BCUT2D eigenvalue weighted by Gasteiger charge is -2.22. The van der Waals surface area contributed by atoms with Crippen molar-refractivity contribution >= 4 is 43.5 Å². The summed E-state index contributed by atoms with van der Waals surface area (Å²) in [5.41, 5.74) is 2.76. The molecular formula is C13H12Br2N4O. The van der Waals surface area contributed by atoms with Crippen LogP contribution in [0, 0.1) is 0 Å². The molecule has 5 nitrogen and oxygen atoms in total. The van der Waals surface area contributed by atoms with Gasteiger partial charge in [0.1, 0.15) is 0 Å². The van der Waals surface area contributed by atoms with Crippen molar-refractivity contribution in [2.45, 2.75) is 19.0 Å². The molecule has 1 amide bonds. The zero-order valence-corrected chi connectivity index (χ0v) is 13.6. The standard InChI is InChI=1S/C13H12Br2N4O/c14-7-1-2-8(15)9(3-7)19-13(20)11-4-10-12(5-16-11)18-6-17-10/h1-3,6,11,16H,4-5H2,(H,17,18)(H,19,20). The number of rotatable bonds is 2. The first-order valence-corrected chi connectivity index (χ1v) is 7.72. The van der Waals surface area contributed by atoms with Crippen molar-refractivity contribution in [3.8, 4) is 0 Å². The van der Waals surface area contributed by atoms with Crippen molar-refractivity contribution in [3.05, 3.63) is 44.9 Å². The predicted octanol–water partition coefficient (Wildman–Crippen LogP) is 2.59. The maximum absolute atomic E-state index is 12.3. The van der Waals surface area contributed by atoms with E-state index in [4.69, 9.17) is 0 Å². The molecule has 0 fully saturated rings. The van der Waals surface area contributed by atoms with Crippen LogP contribution < -0.4 is 10.6 Å². The third kappa shape index (κ3) is 2.79. The number of amides is 1. The molecule has 1 unspecified atom stereocenters. The summed E-state index contributed by atoms with van der Waals surface area (Å²) in [5.74, 6) is -0.0579. The number of aromatic nitrogens is 2. The van der Waals surface area contributed by atoms with Crippen LogP contribution in [0.5, 0.6) is 0 Å². The summed E-state index contributed by atoms with van der Waals surface area (Å²) in [6, 6.07) is 5.40. The Kier molecular flexibility index (Phi) is 3.91. The minimum atomic E-state index is -0.267. The molecule has 7 heteroatoms. The van der Waals surface area contributed by atoms with Crippen LogP contribution in [0.1, 0.15) is 11.4 Å². The van der Waals surface area contributed by atoms with Gasteiger partial charge in [0.25, 0.3) is 0 Å². The molecule has 20 heavy (non-hydrogen) atoms. The molecule has 1 atom stereocenters. The Labute approximate surface area is 132 Å². The lowest BCUT2D eigenvalue weighted by molar-refractivity contribution is -0.118. The van der Waals surface area contributed by atoms with Gasteiger partial charge < -0.3 is 10.3 Å². The molecule has 1 aliphatic heterocycles. The number of halogens is 2. The molecule has 0 aliphatic carbocycles. The van der Waals surface area contributed by atoms with E-state index >= 15 is 0 Å². The zero-order chi connectivity index (χ0) is 14.1. The van der Waals surface area contributed by atoms with Crippen molar-refractivity contribution < 1.29 is 4.79 Å². The topological polar surface area (TPSA) is 69.8 Å². The first-order valence-electron chi connectivity index (χ1n) is 6.14. The second-order valence-electron chi connectivity index (χ2n) is 4.58. The monoisotopic (exact) mass is 398 g/mol. The van der Waals surface area contributed by atoms with Crippen LogP contribution >= 0.6 is 31.9 Å². The van der Waals surface area contributed by atoms with Crippen LogP contribution in [0.2, 0.25) is 0 Å². The van der Waals surface area contributed by atoms with E-state index in [1.54, 1.807) is 6.33 Å². The molecule has 1 aromatic carbocycles. The van der Waals surface area contributed by atoms with E-state index in [2.05, 4.69) is 52.5 Å². The fraction of sp³-hybridized carbons (Fsp3) is 0.231. The van der Waals surface area contributed by atoms with E-state index in [-0.39, 0.29) is 11.9 Å². The van der Waals surface area contributed by atoms with Crippen LogP contribution in [-0.2, 0) is 17.8 Å². The summed E-state index contributed by atoms with van der Waals surface area (Å²) in [6.45, 7) is 0.632. The highest BCUT2D eigenvalue weighted by Crippen LogP contribution is 2.26. The van der Waals surface area contributed by atoms with Crippen LogP contribution in [-0.4, -0.2) is 21.9 Å². The predicted molar refractivity (Wildman–Crippen MR) is 83.4 cm³/mol. The number of hydrogen-bond donors (Lipinski definition) is 3. The summed E-state index contributed by atoms with van der Waals surface area (Å²) in [5, 5.41) is 6.13. The molecule has 0 radical (unpaired) electrons. The van der Waals surface area contributed by atoms with Gasteiger partial charge in [-0.05, 0) is 34.1 Å². The number of anilines is 1. The van der Waals surface area contributed by atoms with Crippen molar-refractivity contribution in [1.82, 2.24) is 15.3 Å². The number of carbonyl (C=O) groups excluding carboxylic acids is 1. The summed E-state index contributed by atoms with van der Waals surface area (Å²) in [6.07, 6.45) is 2.26. The number of nitrogens with one attached hydrogen (secondary N) is 3. The number of nitrogens with zero attached hydrogens (tertiary/aromatic N) is 1. The van der Waals surface area contributed by atoms with E-state index in [0.717, 1.165) is 26.0 Å². The van der Waals surface area contributed by atoms with E-state index in [0.29, 0.717) is 13.0 Å². The maximum atomic E-state index is 12.3. The molecule has 0 saturated heterocycles. The Bertz CT molecular complexity index is 656. The summed E-state index contributed by atoms with van der Waals surface area (Å²) < 4.78 is 1.77. The Morgan fingerprint density at radius 3 is 3.10 bits per heavy atom. The molecule has 0 bridgehead atoms. The zero-order valence-electron chi connectivity index (χ0n) is 10.4. The average molecular weight is 400 g/mol. The van der Waals surface area contributed by atoms with Gasteiger partial charge in [-0.3, -0.25) is 10.1 Å². The molecule has 104 valence electrons. The Hall–Kier alpha value is -1.18. The first-order chi connectivity index (χ1) is 9.63. The van der Waals surface area contributed by atoms with Gasteiger partial charge in [-0.25, -0.2) is 4.98 Å². The fourth-order valence-electron chi connectivity index (χ4n) is 2.17. The van der Waals surface area contributed by atoms with Gasteiger partial charge in [0.2, 0.25) is 5.91 Å². The second kappa shape index (κ2) is 5.67. The molecular weight excluding hydrogens is 388 g/mol. The highest BCUT2D eigenvalue weighted by atomic mass is 79.9. The van der Waals surface area contributed by atoms with Crippen molar-refractivity contribution in [3.63, 3.8) is 0 Å². The molecule has 2 aromatic rings. The molecule has 3 N–H and O–H groups in total. The van der Waals surface area contributed by atoms with Gasteiger partial charge in [0.15, 0.2) is 0 Å². The van der Waals surface area contributed by atoms with E-state index in [9.17, 15) is 4.79 Å². The van der Waals surface area contributed by atoms with Gasteiger partial charge in [-0.1, -0.05) is 15.9 Å². The fourth-order valence-corrected chi connectivity index (χ4v) is 2.87. The molecule has 2 heterocycles. The van der Waals surface area contributed by atoms with E-state index in [1.165, 1.54) is 0 Å². The van der Waals surface area contributed by atoms with Gasteiger partial charge in [0, 0.05) is 21.9 Å². The van der Waals surface area contributed by atoms with Gasteiger partial charge in [0.05, 0.1) is 29.4 Å². The largest absolute Gasteiger partial charge is 0.347 e. The smallest absolute Gasteiger partial charge is 0.241 e. The average Bonchev–Trinajstić information content (AvgIpc) is 2.90. The highest BCUT2D eigenvalue weighted by Gasteiger charge is 2.26. The number of hydrogen-bond acceptors (Lipinski definition) is 3. The summed E-state index contributed by atoms with van der Waals surface area (Å²) in [7, 11) is 0. The quantitative estimate of drug-likeness (QED) is 0.726. The van der Waals surface area contributed by atoms with Crippen molar-refractivity contribution in [1.29, 1.82) is 0 Å². The van der Waals surface area contributed by atoms with Gasteiger partial charge >= 0.3 is 0 Å². The SMILES string of the molecule is O=C(Nc1cc(Br)ccc1Br)C1Cc2nc[nH]c2CN1. The molecule has 3 rings (SSSR count). The highest BCUT2D eigenvalue weighted by molar-refractivity contribution is 9.11. The van der Waals surface area contributed by atoms with Crippen LogP contribution in [0.3, 0.4) is 0 Å². The third-order valence-electron chi connectivity index (χ3n) is 3.23. The number of imidazole rings is 1. The van der Waals surface area contributed by atoms with E-state index in [1.807, 2.05) is 18.2 Å². The Morgan fingerprint density at radius 1 is 1.40 bits per heavy atom. The minimum Gasteiger partial charge on any atom is -0.347 e. The van der Waals surface area contributed by atoms with Crippen molar-refractivity contribution in [2.24, 2.45) is 0 Å². The number of H-pyrrole nitrogens is 1. The number of fused-ring (bicyclic) bond motifs is 1. The van der Waals surface area contributed by atoms with Gasteiger partial charge in [-0.2, -0.15) is 0 Å². The number of aromatic amines is 1. The lowest BCUT2D eigenvalue weighted by atomic mass is 10.0. The second-order valence-corrected chi connectivity index (χ2v) is 6.35. The van der Waals surface area contributed by atoms with E-state index < -0.39 is 0 Å². The van der Waals surface area contributed by atoms with Crippen molar-refractivity contribution in [2.75, 3.05) is 5.32 Å². The Balaban J connectivity index is 1.73. The van der Waals surface area contributed by atoms with Crippen LogP contribution in [0.25, 0.3) is 0 Å². The first kappa shape index (κ1) is 13.8. The normalized spacial score (nSPS) is 17.6. The maximum Gasteiger partial charge on any atom is 0.241 e. The lowest BCUT2D eigenvalue weighted by Crippen LogP contribution is -2.44. The van der Waals surface area contributed by atoms with Crippen LogP contribution in [0.15, 0.2) is 33.5 Å². The minimum absolute atomic E-state index is 0.0579. The molecule has 0 spiro atoms. The molecule has 1 aliphatic rings. The molecule has 1 aromatic heterocycles. The Morgan fingerprint density at radius 2 is 2.25 bits per heavy atom. The third-order valence-corrected chi connectivity index (χ3v) is 4.42. The number of carbonyl (C=O) groups is 1. The summed E-state index contributed by atoms with van der Waals surface area (Å²) in [4.78, 5) is 19.6. The van der Waals surface area contributed by atoms with Crippen LogP contribution in [0.4, 0.5) is 5.69 Å². The molecule has 0 saturated carbocycles. The summed E-state index contributed by atoms with van der Waals surface area (Å²) >= 11 is 6.83. The van der Waals surface area contributed by atoms with Gasteiger partial charge in [-0.15, -0.1) is 0 Å².